The minimum absolute atomic E-state index is 0.160. The van der Waals surface area contributed by atoms with Crippen LogP contribution in [0.2, 0.25) is 0 Å². The van der Waals surface area contributed by atoms with Crippen LogP contribution in [0.1, 0.15) is 33.0 Å². The minimum atomic E-state index is -3.51. The average Bonchev–Trinajstić information content (AvgIpc) is 3.22. The molecule has 0 aliphatic carbocycles. The number of aliphatic hydroxyl groups excluding tert-OH is 1. The summed E-state index contributed by atoms with van der Waals surface area (Å²) in [5.41, 5.74) is -0.310. The smallest absolute Gasteiger partial charge is 0.410 e. The molecule has 33 heavy (non-hydrogen) atoms. The molecular formula is C22H21BrF2INO5S. The number of benzene rings is 1. The maximum Gasteiger partial charge on any atom is 0.410 e. The number of ether oxygens (including phenoxy) is 1. The van der Waals surface area contributed by atoms with Gasteiger partial charge in [-0.2, -0.15) is 8.78 Å². The Morgan fingerprint density at radius 2 is 2.15 bits per heavy atom. The largest absolute Gasteiger partial charge is 0.477 e. The quantitative estimate of drug-likeness (QED) is 0.269. The van der Waals surface area contributed by atoms with E-state index in [9.17, 15) is 23.5 Å². The van der Waals surface area contributed by atoms with Crippen molar-refractivity contribution < 1.29 is 33.3 Å². The molecule has 1 amide bonds. The number of cyclic esters (lactones) is 1. The number of carboxylic acids is 1. The highest BCUT2D eigenvalue weighted by Gasteiger charge is 2.40. The van der Waals surface area contributed by atoms with Gasteiger partial charge in [0.15, 0.2) is 0 Å². The number of nitrogens with zero attached hydrogens (tertiary/aromatic N) is 1. The number of amides is 1. The molecule has 2 N–H and O–H groups in total. The Hall–Kier alpha value is -1.57. The molecule has 2 atom stereocenters. The van der Waals surface area contributed by atoms with Gasteiger partial charge >= 0.3 is 18.0 Å². The van der Waals surface area contributed by atoms with Crippen LogP contribution in [0.3, 0.4) is 0 Å². The third kappa shape index (κ3) is 6.74. The summed E-state index contributed by atoms with van der Waals surface area (Å²) < 4.78 is 35.8. The SMILES string of the molecule is O=C(O)c1ccc(CCCN2C(=O)OCC[C@@H]2/C=C/[C@@H](O)C(F)(F)c2cc(Br)cc(I)c2)s1. The molecule has 2 aromatic rings. The van der Waals surface area contributed by atoms with Crippen molar-refractivity contribution in [2.45, 2.75) is 37.3 Å². The van der Waals surface area contributed by atoms with Gasteiger partial charge < -0.3 is 19.8 Å². The first kappa shape index (κ1) is 26.0. The van der Waals surface area contributed by atoms with Gasteiger partial charge in [-0.15, -0.1) is 11.3 Å². The van der Waals surface area contributed by atoms with E-state index in [1.54, 1.807) is 12.1 Å². The number of hydrogen-bond acceptors (Lipinski definition) is 5. The van der Waals surface area contributed by atoms with Gasteiger partial charge in [-0.05, 0) is 65.8 Å². The summed E-state index contributed by atoms with van der Waals surface area (Å²) in [5.74, 6) is -4.50. The third-order valence-electron chi connectivity index (χ3n) is 5.10. The average molecular weight is 656 g/mol. The number of halogens is 4. The molecule has 1 aromatic carbocycles. The van der Waals surface area contributed by atoms with Crippen LogP contribution in [0, 0.1) is 3.57 Å². The summed E-state index contributed by atoms with van der Waals surface area (Å²) in [6.07, 6.45) is 1.38. The van der Waals surface area contributed by atoms with E-state index in [2.05, 4.69) is 15.9 Å². The molecule has 11 heteroatoms. The number of aromatic carboxylic acids is 1. The maximum absolute atomic E-state index is 14.8. The zero-order valence-electron chi connectivity index (χ0n) is 17.2. The first-order valence-electron chi connectivity index (χ1n) is 10.0. The van der Waals surface area contributed by atoms with Gasteiger partial charge in [-0.25, -0.2) is 9.59 Å². The van der Waals surface area contributed by atoms with Gasteiger partial charge in [-0.3, -0.25) is 0 Å². The fourth-order valence-corrected chi connectivity index (χ4v) is 5.90. The van der Waals surface area contributed by atoms with Crippen LogP contribution < -0.4 is 0 Å². The van der Waals surface area contributed by atoms with Crippen molar-refractivity contribution in [3.63, 3.8) is 0 Å². The van der Waals surface area contributed by atoms with E-state index in [1.165, 1.54) is 40.5 Å². The fraction of sp³-hybridized carbons (Fsp3) is 0.364. The predicted molar refractivity (Wildman–Crippen MR) is 132 cm³/mol. The summed E-state index contributed by atoms with van der Waals surface area (Å²) >= 11 is 6.30. The van der Waals surface area contributed by atoms with E-state index in [0.29, 0.717) is 33.9 Å². The second kappa shape index (κ2) is 11.2. The number of aryl methyl sites for hydroxylation is 1. The Morgan fingerprint density at radius 3 is 2.82 bits per heavy atom. The van der Waals surface area contributed by atoms with Crippen LogP contribution in [-0.4, -0.2) is 52.5 Å². The van der Waals surface area contributed by atoms with E-state index < -0.39 is 30.1 Å². The highest BCUT2D eigenvalue weighted by Crippen LogP contribution is 2.35. The van der Waals surface area contributed by atoms with Crippen LogP contribution in [0.25, 0.3) is 0 Å². The Labute approximate surface area is 215 Å². The van der Waals surface area contributed by atoms with Crippen molar-refractivity contribution in [1.29, 1.82) is 0 Å². The number of carbonyl (C=O) groups excluding carboxylic acids is 1. The molecule has 1 aliphatic heterocycles. The lowest BCUT2D eigenvalue weighted by atomic mass is 10.0. The standard InChI is InChI=1S/C22H21BrF2INO5S/c23-14-10-13(11-15(26)12-14)22(24,25)19(28)6-3-16-7-9-32-21(31)27(16)8-1-2-17-4-5-18(33-17)20(29)30/h3-6,10-12,16,19,28H,1-2,7-9H2,(H,29,30)/b6-3+/t16-,19+/m0/s1. The summed E-state index contributed by atoms with van der Waals surface area (Å²) in [6.45, 7) is 0.470. The number of carbonyl (C=O) groups is 2. The Balaban J connectivity index is 1.65. The Kier molecular flexibility index (Phi) is 8.87. The van der Waals surface area contributed by atoms with Crippen molar-refractivity contribution in [2.75, 3.05) is 13.2 Å². The molecule has 1 aromatic heterocycles. The number of aliphatic hydroxyl groups is 1. The van der Waals surface area contributed by atoms with Crippen LogP contribution in [0.5, 0.6) is 0 Å². The van der Waals surface area contributed by atoms with E-state index in [0.717, 1.165) is 11.0 Å². The molecule has 2 heterocycles. The molecule has 3 rings (SSSR count). The lowest BCUT2D eigenvalue weighted by molar-refractivity contribution is -0.0930. The van der Waals surface area contributed by atoms with Crippen LogP contribution in [0.15, 0.2) is 47.0 Å². The first-order valence-corrected chi connectivity index (χ1v) is 12.7. The van der Waals surface area contributed by atoms with E-state index in [1.807, 2.05) is 22.6 Å². The van der Waals surface area contributed by atoms with E-state index in [4.69, 9.17) is 9.84 Å². The maximum atomic E-state index is 14.8. The van der Waals surface area contributed by atoms with Crippen LogP contribution in [-0.2, 0) is 17.1 Å². The number of thiophene rings is 1. The van der Waals surface area contributed by atoms with Gasteiger partial charge in [0.25, 0.3) is 0 Å². The number of carboxylic acid groups (broad SMARTS) is 1. The van der Waals surface area contributed by atoms with Gasteiger partial charge in [0, 0.05) is 31.4 Å². The van der Waals surface area contributed by atoms with Gasteiger partial charge in [0.2, 0.25) is 0 Å². The topological polar surface area (TPSA) is 87.1 Å². The van der Waals surface area contributed by atoms with E-state index in [-0.39, 0.29) is 17.0 Å². The second-order valence-electron chi connectivity index (χ2n) is 7.45. The molecule has 0 saturated carbocycles. The Bertz CT molecular complexity index is 1030. The van der Waals surface area contributed by atoms with Crippen LogP contribution in [0.4, 0.5) is 13.6 Å². The molecule has 0 unspecified atom stereocenters. The molecule has 1 fully saturated rings. The molecule has 0 radical (unpaired) electrons. The zero-order valence-corrected chi connectivity index (χ0v) is 21.8. The zero-order chi connectivity index (χ0) is 24.2. The van der Waals surface area contributed by atoms with Gasteiger partial charge in [-0.1, -0.05) is 28.1 Å². The number of alkyl halides is 2. The van der Waals surface area contributed by atoms with Crippen LogP contribution >= 0.6 is 49.9 Å². The summed E-state index contributed by atoms with van der Waals surface area (Å²) in [5, 5.41) is 19.2. The lowest BCUT2D eigenvalue weighted by Gasteiger charge is -2.33. The minimum Gasteiger partial charge on any atom is -0.477 e. The van der Waals surface area contributed by atoms with Gasteiger partial charge in [0.05, 0.1) is 12.6 Å². The van der Waals surface area contributed by atoms with Crippen molar-refractivity contribution >= 4 is 61.9 Å². The normalized spacial score (nSPS) is 17.9. The first-order chi connectivity index (χ1) is 15.6. The van der Waals surface area contributed by atoms with Crippen molar-refractivity contribution in [3.8, 4) is 0 Å². The highest BCUT2D eigenvalue weighted by molar-refractivity contribution is 14.1. The number of rotatable bonds is 9. The van der Waals surface area contributed by atoms with Crippen molar-refractivity contribution in [1.82, 2.24) is 4.90 Å². The second-order valence-corrected chi connectivity index (χ2v) is 10.8. The van der Waals surface area contributed by atoms with Gasteiger partial charge in [0.1, 0.15) is 11.0 Å². The molecule has 1 aliphatic rings. The fourth-order valence-electron chi connectivity index (χ4n) is 3.42. The molecule has 1 saturated heterocycles. The van der Waals surface area contributed by atoms with E-state index >= 15 is 0 Å². The van der Waals surface area contributed by atoms with Crippen molar-refractivity contribution in [2.24, 2.45) is 0 Å². The monoisotopic (exact) mass is 655 g/mol. The molecule has 6 nitrogen and oxygen atoms in total. The highest BCUT2D eigenvalue weighted by atomic mass is 127. The number of hydrogen-bond donors (Lipinski definition) is 2. The summed E-state index contributed by atoms with van der Waals surface area (Å²) in [7, 11) is 0. The molecule has 178 valence electrons. The molecule has 0 spiro atoms. The molecular weight excluding hydrogens is 635 g/mol. The van der Waals surface area contributed by atoms with Crippen molar-refractivity contribution in [3.05, 3.63) is 65.8 Å². The Morgan fingerprint density at radius 1 is 1.39 bits per heavy atom. The predicted octanol–water partition coefficient (Wildman–Crippen LogP) is 5.67. The third-order valence-corrected chi connectivity index (χ3v) is 7.32. The lowest BCUT2D eigenvalue weighted by Crippen LogP contribution is -2.45. The molecule has 0 bridgehead atoms. The summed E-state index contributed by atoms with van der Waals surface area (Å²) in [4.78, 5) is 25.8. The summed E-state index contributed by atoms with van der Waals surface area (Å²) in [6, 6.07) is 7.05.